The van der Waals surface area contributed by atoms with Gasteiger partial charge in [-0.1, -0.05) is 18.2 Å². The SMILES string of the molecule is O=C1CCC(N2Cc3c(NC(=O)[I-]C(=O)N4CCC(C(=O)Nc5ncc(-c6ccccc6)s5)CC4)cccc3C2=O)C(=O)N1. The second-order valence-electron chi connectivity index (χ2n) is 10.6. The molecule has 12 nitrogen and oxygen atoms in total. The Morgan fingerprint density at radius 2 is 1.73 bits per heavy atom. The van der Waals surface area contributed by atoms with Gasteiger partial charge in [-0.2, -0.15) is 0 Å². The number of halogens is 1. The molecule has 2 saturated heterocycles. The van der Waals surface area contributed by atoms with Gasteiger partial charge >= 0.3 is 250 Å². The molecule has 3 aliphatic rings. The van der Waals surface area contributed by atoms with Crippen LogP contribution in [0, 0.1) is 5.92 Å². The second-order valence-corrected chi connectivity index (χ2v) is 14.1. The first kappa shape index (κ1) is 29.9. The molecule has 0 radical (unpaired) electrons. The van der Waals surface area contributed by atoms with Gasteiger partial charge in [0.15, 0.2) is 0 Å². The minimum atomic E-state index is -1.57. The van der Waals surface area contributed by atoms with Crippen molar-refractivity contribution < 1.29 is 50.0 Å². The molecule has 0 bridgehead atoms. The molecule has 0 saturated carbocycles. The minimum absolute atomic E-state index is 0.118. The van der Waals surface area contributed by atoms with Gasteiger partial charge in [-0.25, -0.2) is 0 Å². The second kappa shape index (κ2) is 12.8. The van der Waals surface area contributed by atoms with E-state index in [1.807, 2.05) is 30.3 Å². The van der Waals surface area contributed by atoms with Gasteiger partial charge in [0.25, 0.3) is 0 Å². The number of carbonyl (C=O) groups excluding carboxylic acids is 6. The number of thiazole rings is 1. The summed E-state index contributed by atoms with van der Waals surface area (Å²) in [6, 6.07) is 14.0. The molecule has 0 spiro atoms. The zero-order valence-corrected chi connectivity index (χ0v) is 26.4. The summed E-state index contributed by atoms with van der Waals surface area (Å²) in [5.41, 5.74) is 2.42. The Bertz CT molecular complexity index is 1650. The van der Waals surface area contributed by atoms with Crippen molar-refractivity contribution >= 4 is 53.6 Å². The van der Waals surface area contributed by atoms with Crippen molar-refractivity contribution in [1.29, 1.82) is 0 Å². The van der Waals surface area contributed by atoms with Crippen LogP contribution in [0.2, 0.25) is 0 Å². The van der Waals surface area contributed by atoms with E-state index in [0.29, 0.717) is 47.9 Å². The summed E-state index contributed by atoms with van der Waals surface area (Å²) in [6.07, 6.45) is 3.11. The fourth-order valence-electron chi connectivity index (χ4n) is 5.56. The molecule has 228 valence electrons. The molecule has 3 aliphatic heterocycles. The number of fused-ring (bicyclic) bond motifs is 1. The summed E-state index contributed by atoms with van der Waals surface area (Å²) in [5.74, 6) is -1.59. The Morgan fingerprint density at radius 1 is 0.955 bits per heavy atom. The topological polar surface area (TPSA) is 158 Å². The molecule has 1 atom stereocenters. The number of anilines is 2. The zero-order valence-electron chi connectivity index (χ0n) is 23.4. The van der Waals surface area contributed by atoms with Crippen LogP contribution >= 0.6 is 11.3 Å². The number of hydrogen-bond donors (Lipinski definition) is 3. The van der Waals surface area contributed by atoms with E-state index in [1.165, 1.54) is 16.2 Å². The Labute approximate surface area is 266 Å². The average molecular weight is 728 g/mol. The quantitative estimate of drug-likeness (QED) is 0.140. The predicted molar refractivity (Wildman–Crippen MR) is 157 cm³/mol. The first-order valence-corrected chi connectivity index (χ1v) is 17.1. The number of hydrogen-bond acceptors (Lipinski definition) is 8. The molecule has 1 unspecified atom stereocenters. The van der Waals surface area contributed by atoms with Crippen LogP contribution < -0.4 is 37.2 Å². The molecule has 3 aromatic rings. The van der Waals surface area contributed by atoms with Gasteiger partial charge in [-0.3, -0.25) is 0 Å². The van der Waals surface area contributed by atoms with Crippen LogP contribution in [0.4, 0.5) is 20.4 Å². The van der Waals surface area contributed by atoms with E-state index in [4.69, 9.17) is 0 Å². The maximum atomic E-state index is 13.0. The molecule has 3 N–H and O–H groups in total. The van der Waals surface area contributed by atoms with Gasteiger partial charge in [-0.15, -0.1) is 0 Å². The molecule has 44 heavy (non-hydrogen) atoms. The van der Waals surface area contributed by atoms with Crippen LogP contribution in [-0.2, 0) is 20.9 Å². The number of carbonyl (C=O) groups is 6. The number of imide groups is 1. The van der Waals surface area contributed by atoms with E-state index in [1.54, 1.807) is 29.3 Å². The van der Waals surface area contributed by atoms with Gasteiger partial charge in [0.1, 0.15) is 0 Å². The molecule has 0 aliphatic carbocycles. The number of piperidine rings is 2. The van der Waals surface area contributed by atoms with E-state index in [0.717, 1.165) is 10.4 Å². The molecule has 6 amide bonds. The number of likely N-dealkylation sites (tertiary alicyclic amines) is 1. The Balaban J connectivity index is 0.993. The fraction of sp³-hybridized carbons (Fsp3) is 0.300. The molecule has 4 heterocycles. The number of aromatic nitrogens is 1. The third-order valence-electron chi connectivity index (χ3n) is 7.89. The maximum absolute atomic E-state index is 13.0. The predicted octanol–water partition coefficient (Wildman–Crippen LogP) is 0.663. The number of nitrogens with one attached hydrogen (secondary N) is 3. The Hall–Kier alpha value is -4.18. The Kier molecular flexibility index (Phi) is 8.70. The summed E-state index contributed by atoms with van der Waals surface area (Å²) in [5, 5.41) is 8.51. The molecular weight excluding hydrogens is 699 g/mol. The molecule has 2 aromatic carbocycles. The van der Waals surface area contributed by atoms with Crippen LogP contribution in [-0.4, -0.2) is 65.4 Å². The van der Waals surface area contributed by atoms with E-state index in [2.05, 4.69) is 20.9 Å². The van der Waals surface area contributed by atoms with Crippen molar-refractivity contribution in [1.82, 2.24) is 20.1 Å². The number of nitrogens with zero attached hydrogens (tertiary/aromatic N) is 3. The average Bonchev–Trinajstić information content (AvgIpc) is 3.62. The van der Waals surface area contributed by atoms with Gasteiger partial charge in [0.05, 0.1) is 0 Å². The number of rotatable bonds is 7. The van der Waals surface area contributed by atoms with Gasteiger partial charge < -0.3 is 0 Å². The standard InChI is InChI=1S/C30H28IN6O6S/c38-24-10-9-22(26(40)34-24)37-16-20-19(27(37)41)7-4-8-21(20)33-28(42)31-29(43)36-13-11-18(12-14-36)25(39)35-30-32-15-23(44-30)17-5-2-1-3-6-17/h1-8,15,18,22H,9-14,16H2,(H,33,42)(H,32,35,39)(H,34,38,40)/q-1. The molecule has 2 fully saturated rings. The molecule has 6 rings (SSSR count). The van der Waals surface area contributed by atoms with Crippen molar-refractivity contribution in [3.05, 3.63) is 65.9 Å². The van der Waals surface area contributed by atoms with Crippen molar-refractivity contribution in [2.75, 3.05) is 23.7 Å². The van der Waals surface area contributed by atoms with Crippen LogP contribution in [0.3, 0.4) is 0 Å². The summed E-state index contributed by atoms with van der Waals surface area (Å²) in [6.45, 7) is 0.883. The van der Waals surface area contributed by atoms with Gasteiger partial charge in [0.2, 0.25) is 0 Å². The van der Waals surface area contributed by atoms with E-state index in [-0.39, 0.29) is 46.9 Å². The van der Waals surface area contributed by atoms with Crippen molar-refractivity contribution in [3.8, 4) is 10.4 Å². The monoisotopic (exact) mass is 727 g/mol. The normalized spacial score (nSPS) is 18.6. The van der Waals surface area contributed by atoms with Gasteiger partial charge in [-0.05, 0) is 0 Å². The van der Waals surface area contributed by atoms with E-state index >= 15 is 0 Å². The summed E-state index contributed by atoms with van der Waals surface area (Å²) in [7, 11) is 0. The molecular formula is C30H28IN6O6S-. The number of benzene rings is 2. The van der Waals surface area contributed by atoms with Crippen LogP contribution in [0.25, 0.3) is 10.4 Å². The molecule has 1 aromatic heterocycles. The first-order valence-electron chi connectivity index (χ1n) is 14.1. The fourth-order valence-corrected chi connectivity index (χ4v) is 8.05. The third-order valence-corrected chi connectivity index (χ3v) is 10.8. The van der Waals surface area contributed by atoms with Crippen LogP contribution in [0.1, 0.15) is 41.6 Å². The van der Waals surface area contributed by atoms with Crippen LogP contribution in [0.5, 0.6) is 0 Å². The van der Waals surface area contributed by atoms with Crippen LogP contribution in [0.15, 0.2) is 54.7 Å². The zero-order chi connectivity index (χ0) is 30.8. The van der Waals surface area contributed by atoms with Crippen molar-refractivity contribution in [2.45, 2.75) is 38.3 Å². The van der Waals surface area contributed by atoms with Crippen molar-refractivity contribution in [2.24, 2.45) is 5.92 Å². The third kappa shape index (κ3) is 6.36. The number of amides is 6. The Morgan fingerprint density at radius 3 is 2.48 bits per heavy atom. The first-order chi connectivity index (χ1) is 21.3. The molecule has 14 heteroatoms. The van der Waals surface area contributed by atoms with Gasteiger partial charge in [0, 0.05) is 0 Å². The van der Waals surface area contributed by atoms with E-state index in [9.17, 15) is 28.8 Å². The van der Waals surface area contributed by atoms with E-state index < -0.39 is 37.1 Å². The summed E-state index contributed by atoms with van der Waals surface area (Å²) >= 11 is -0.163. The summed E-state index contributed by atoms with van der Waals surface area (Å²) < 4.78 is -0.645. The van der Waals surface area contributed by atoms with Crippen molar-refractivity contribution in [3.63, 3.8) is 0 Å². The summed E-state index contributed by atoms with van der Waals surface area (Å²) in [4.78, 5) is 84.1.